The van der Waals surface area contributed by atoms with Crippen LogP contribution in [0.3, 0.4) is 0 Å². The van der Waals surface area contributed by atoms with E-state index in [0.29, 0.717) is 17.8 Å². The molecule has 0 saturated heterocycles. The van der Waals surface area contributed by atoms with Crippen LogP contribution >= 0.6 is 0 Å². The number of aromatic nitrogens is 1. The fraction of sp³-hybridized carbons (Fsp3) is 0.227. The van der Waals surface area contributed by atoms with Crippen molar-refractivity contribution in [2.45, 2.75) is 38.3 Å². The number of benzene rings is 2. The molecule has 1 aromatic heterocycles. The molecule has 1 heterocycles. The number of primary sulfonamides is 1. The Kier molecular flexibility index (Phi) is 6.28. The maximum Gasteiger partial charge on any atom is 0.340 e. The fourth-order valence-corrected chi connectivity index (χ4v) is 3.85. The van der Waals surface area contributed by atoms with Gasteiger partial charge in [0.25, 0.3) is 0 Å². The molecule has 0 aliphatic carbocycles. The second-order valence-electron chi connectivity index (χ2n) is 7.27. The molecule has 9 heteroatoms. The van der Waals surface area contributed by atoms with Gasteiger partial charge in [0, 0.05) is 29.6 Å². The van der Waals surface area contributed by atoms with Gasteiger partial charge in [-0.25, -0.2) is 27.1 Å². The number of sulfonamides is 1. The first-order chi connectivity index (χ1) is 14.5. The van der Waals surface area contributed by atoms with Crippen molar-refractivity contribution >= 4 is 16.0 Å². The number of aryl methyl sites for hydroxylation is 1. The van der Waals surface area contributed by atoms with E-state index in [-0.39, 0.29) is 10.5 Å². The molecular formula is C22H22F2N2O4S. The van der Waals surface area contributed by atoms with Gasteiger partial charge in [0.05, 0.1) is 10.5 Å². The lowest BCUT2D eigenvalue weighted by molar-refractivity contribution is 0.0330. The number of carbonyl (C=O) groups excluding carboxylic acids is 1. The number of ether oxygens (including phenoxy) is 1. The summed E-state index contributed by atoms with van der Waals surface area (Å²) in [6, 6.07) is 10.9. The molecule has 31 heavy (non-hydrogen) atoms. The fourth-order valence-electron chi connectivity index (χ4n) is 3.34. The highest BCUT2D eigenvalue weighted by atomic mass is 32.2. The molecule has 1 atom stereocenters. The average molecular weight is 448 g/mol. The lowest BCUT2D eigenvalue weighted by atomic mass is 10.1. The number of carbonyl (C=O) groups is 1. The van der Waals surface area contributed by atoms with Crippen LogP contribution in [-0.4, -0.2) is 19.0 Å². The Labute approximate surface area is 179 Å². The maximum atomic E-state index is 14.0. The van der Waals surface area contributed by atoms with Gasteiger partial charge in [0.15, 0.2) is 0 Å². The molecule has 0 radical (unpaired) electrons. The largest absolute Gasteiger partial charge is 0.454 e. The Hall–Kier alpha value is -3.04. The Balaban J connectivity index is 1.79. The second kappa shape index (κ2) is 8.60. The zero-order chi connectivity index (χ0) is 22.9. The molecule has 1 unspecified atom stereocenters. The predicted molar refractivity (Wildman–Crippen MR) is 111 cm³/mol. The number of hydrogen-bond donors (Lipinski definition) is 1. The van der Waals surface area contributed by atoms with Crippen LogP contribution in [0.2, 0.25) is 0 Å². The number of rotatable bonds is 6. The van der Waals surface area contributed by atoms with Crippen LogP contribution in [0.25, 0.3) is 0 Å². The zero-order valence-corrected chi connectivity index (χ0v) is 18.0. The molecule has 0 aliphatic heterocycles. The van der Waals surface area contributed by atoms with E-state index >= 15 is 0 Å². The average Bonchev–Trinajstić information content (AvgIpc) is 2.96. The van der Waals surface area contributed by atoms with Crippen LogP contribution in [0.5, 0.6) is 0 Å². The highest BCUT2D eigenvalue weighted by molar-refractivity contribution is 7.89. The molecule has 0 spiro atoms. The number of esters is 1. The molecule has 0 amide bonds. The molecule has 0 aliphatic rings. The minimum atomic E-state index is -3.77. The third kappa shape index (κ3) is 5.00. The first-order valence-corrected chi connectivity index (χ1v) is 11.0. The molecule has 3 aromatic rings. The van der Waals surface area contributed by atoms with Crippen molar-refractivity contribution in [3.05, 3.63) is 88.2 Å². The van der Waals surface area contributed by atoms with Crippen LogP contribution in [0, 0.1) is 25.5 Å². The van der Waals surface area contributed by atoms with Crippen LogP contribution < -0.4 is 5.14 Å². The number of halogens is 2. The standard InChI is InChI=1S/C22H22F2N2O4S/c1-13-10-20(22(27)30-15(3)19-9-6-17(23)11-21(19)24)14(2)26(13)12-16-4-7-18(8-5-16)31(25,28)29/h4-11,15H,12H2,1-3H3,(H2,25,28,29). The quantitative estimate of drug-likeness (QED) is 0.577. The Morgan fingerprint density at radius 2 is 1.74 bits per heavy atom. The minimum absolute atomic E-state index is 0.0171. The molecule has 0 saturated carbocycles. The van der Waals surface area contributed by atoms with Gasteiger partial charge in [-0.3, -0.25) is 0 Å². The zero-order valence-electron chi connectivity index (χ0n) is 17.2. The Morgan fingerprint density at radius 3 is 2.32 bits per heavy atom. The molecule has 164 valence electrons. The molecule has 2 aromatic carbocycles. The van der Waals surface area contributed by atoms with Crippen molar-refractivity contribution in [3.8, 4) is 0 Å². The minimum Gasteiger partial charge on any atom is -0.454 e. The van der Waals surface area contributed by atoms with Crippen molar-refractivity contribution in [1.29, 1.82) is 0 Å². The number of nitrogens with zero attached hydrogens (tertiary/aromatic N) is 1. The molecule has 6 nitrogen and oxygen atoms in total. The van der Waals surface area contributed by atoms with Crippen molar-refractivity contribution in [2.24, 2.45) is 5.14 Å². The van der Waals surface area contributed by atoms with Crippen LogP contribution in [0.4, 0.5) is 8.78 Å². The lowest BCUT2D eigenvalue weighted by Gasteiger charge is -2.15. The highest BCUT2D eigenvalue weighted by Crippen LogP contribution is 2.25. The third-order valence-corrected chi connectivity index (χ3v) is 6.00. The first-order valence-electron chi connectivity index (χ1n) is 9.41. The van der Waals surface area contributed by atoms with Gasteiger partial charge in [-0.2, -0.15) is 0 Å². The summed E-state index contributed by atoms with van der Waals surface area (Å²) in [6.45, 7) is 5.50. The van der Waals surface area contributed by atoms with E-state index in [1.807, 2.05) is 11.5 Å². The van der Waals surface area contributed by atoms with E-state index in [0.717, 1.165) is 23.4 Å². The van der Waals surface area contributed by atoms with E-state index < -0.39 is 33.7 Å². The Morgan fingerprint density at radius 1 is 1.10 bits per heavy atom. The van der Waals surface area contributed by atoms with E-state index in [2.05, 4.69) is 0 Å². The van der Waals surface area contributed by atoms with Gasteiger partial charge in [-0.05, 0) is 56.7 Å². The van der Waals surface area contributed by atoms with Gasteiger partial charge in [-0.15, -0.1) is 0 Å². The van der Waals surface area contributed by atoms with Crippen LogP contribution in [0.1, 0.15) is 45.9 Å². The summed E-state index contributed by atoms with van der Waals surface area (Å²) in [7, 11) is -3.77. The second-order valence-corrected chi connectivity index (χ2v) is 8.83. The molecule has 3 rings (SSSR count). The van der Waals surface area contributed by atoms with Gasteiger partial charge < -0.3 is 9.30 Å². The third-order valence-electron chi connectivity index (χ3n) is 5.07. The predicted octanol–water partition coefficient (Wildman–Crippen LogP) is 4.00. The van der Waals surface area contributed by atoms with E-state index in [1.165, 1.54) is 25.1 Å². The van der Waals surface area contributed by atoms with Crippen LogP contribution in [0.15, 0.2) is 53.4 Å². The number of nitrogens with two attached hydrogens (primary N) is 1. The van der Waals surface area contributed by atoms with Crippen molar-refractivity contribution in [1.82, 2.24) is 4.57 Å². The molecular weight excluding hydrogens is 426 g/mol. The summed E-state index contributed by atoms with van der Waals surface area (Å²) >= 11 is 0. The molecule has 0 fully saturated rings. The number of hydrogen-bond acceptors (Lipinski definition) is 4. The smallest absolute Gasteiger partial charge is 0.340 e. The highest BCUT2D eigenvalue weighted by Gasteiger charge is 2.22. The van der Waals surface area contributed by atoms with Gasteiger partial charge in [-0.1, -0.05) is 12.1 Å². The maximum absolute atomic E-state index is 14.0. The van der Waals surface area contributed by atoms with Crippen LogP contribution in [-0.2, 0) is 21.3 Å². The SMILES string of the molecule is Cc1cc(C(=O)OC(C)c2ccc(F)cc2F)c(C)n1Cc1ccc(S(N)(=O)=O)cc1. The first kappa shape index (κ1) is 22.6. The van der Waals surface area contributed by atoms with Gasteiger partial charge >= 0.3 is 5.97 Å². The summed E-state index contributed by atoms with van der Waals surface area (Å²) in [5.74, 6) is -2.12. The Bertz CT molecular complexity index is 1240. The normalized spacial score (nSPS) is 12.6. The topological polar surface area (TPSA) is 91.4 Å². The molecule has 0 bridgehead atoms. The lowest BCUT2D eigenvalue weighted by Crippen LogP contribution is -2.13. The summed E-state index contributed by atoms with van der Waals surface area (Å²) < 4.78 is 57.1. The summed E-state index contributed by atoms with van der Waals surface area (Å²) in [4.78, 5) is 12.7. The van der Waals surface area contributed by atoms with E-state index in [1.54, 1.807) is 25.1 Å². The van der Waals surface area contributed by atoms with Gasteiger partial charge in [0.1, 0.15) is 17.7 Å². The summed E-state index contributed by atoms with van der Waals surface area (Å²) in [6.07, 6.45) is -0.901. The van der Waals surface area contributed by atoms with Crippen molar-refractivity contribution in [3.63, 3.8) is 0 Å². The van der Waals surface area contributed by atoms with Crippen molar-refractivity contribution in [2.75, 3.05) is 0 Å². The van der Waals surface area contributed by atoms with Gasteiger partial charge in [0.2, 0.25) is 10.0 Å². The van der Waals surface area contributed by atoms with E-state index in [9.17, 15) is 22.0 Å². The monoisotopic (exact) mass is 448 g/mol. The van der Waals surface area contributed by atoms with E-state index in [4.69, 9.17) is 9.88 Å². The molecule has 2 N–H and O–H groups in total. The van der Waals surface area contributed by atoms with Crippen molar-refractivity contribution < 1.29 is 26.7 Å². The summed E-state index contributed by atoms with van der Waals surface area (Å²) in [5, 5.41) is 5.12. The summed E-state index contributed by atoms with van der Waals surface area (Å²) in [5.41, 5.74) is 2.66.